The van der Waals surface area contributed by atoms with Gasteiger partial charge in [0.2, 0.25) is 0 Å². The van der Waals surface area contributed by atoms with Crippen LogP contribution in [0.4, 0.5) is 10.5 Å². The molecular formula is C28H36N4O7. The molecule has 0 bridgehead atoms. The molecule has 2 atom stereocenters. The van der Waals surface area contributed by atoms with Crippen LogP contribution in [0.3, 0.4) is 0 Å². The maximum Gasteiger partial charge on any atom is 0.339 e. The Labute approximate surface area is 228 Å². The Kier molecular flexibility index (Phi) is 10.1. The molecule has 0 radical (unpaired) electrons. The maximum absolute atomic E-state index is 13.1. The molecule has 0 aliphatic carbocycles. The smallest absolute Gasteiger partial charge is 0.339 e. The van der Waals surface area contributed by atoms with Crippen molar-refractivity contribution >= 4 is 23.6 Å². The van der Waals surface area contributed by atoms with E-state index in [-0.39, 0.29) is 18.0 Å². The fourth-order valence-corrected chi connectivity index (χ4v) is 4.62. The molecule has 210 valence electrons. The predicted molar refractivity (Wildman–Crippen MR) is 144 cm³/mol. The third kappa shape index (κ3) is 7.92. The standard InChI is InChI=1S/C28H36N4O7/c1-37-27(35)22-5-2-3-6-23(22)30-28(36)32-12-4-7-25(33)24(19-32)29-26(34)20-8-10-21(11-9-20)39-18-15-31-13-16-38-17-14-31/h2-3,5-6,8-11,24-25,33H,4,7,12-19H2,1H3,(H,29,34)(H,30,36)/t24-,25-/m1/s1. The first-order valence-corrected chi connectivity index (χ1v) is 13.2. The van der Waals surface area contributed by atoms with E-state index >= 15 is 0 Å². The molecule has 11 heteroatoms. The van der Waals surface area contributed by atoms with Gasteiger partial charge in [-0.25, -0.2) is 9.59 Å². The number of nitrogens with one attached hydrogen (secondary N) is 2. The number of carbonyl (C=O) groups is 3. The number of urea groups is 1. The van der Waals surface area contributed by atoms with E-state index in [0.29, 0.717) is 43.0 Å². The molecule has 4 rings (SSSR count). The van der Waals surface area contributed by atoms with Gasteiger partial charge in [-0.05, 0) is 49.2 Å². The summed E-state index contributed by atoms with van der Waals surface area (Å²) in [7, 11) is 1.28. The fraction of sp³-hybridized carbons (Fsp3) is 0.464. The molecule has 2 aromatic rings. The highest BCUT2D eigenvalue weighted by Gasteiger charge is 2.30. The Morgan fingerprint density at radius 2 is 1.79 bits per heavy atom. The van der Waals surface area contributed by atoms with Gasteiger partial charge in [-0.2, -0.15) is 0 Å². The van der Waals surface area contributed by atoms with Crippen molar-refractivity contribution in [3.8, 4) is 5.75 Å². The van der Waals surface area contributed by atoms with Crippen molar-refractivity contribution in [2.24, 2.45) is 0 Å². The van der Waals surface area contributed by atoms with Crippen LogP contribution in [-0.2, 0) is 9.47 Å². The Hall–Kier alpha value is -3.67. The number of amides is 3. The number of esters is 1. The minimum absolute atomic E-state index is 0.113. The molecule has 2 heterocycles. The molecule has 0 aromatic heterocycles. The number of benzene rings is 2. The SMILES string of the molecule is COC(=O)c1ccccc1NC(=O)N1CCC[C@@H](O)[C@H](NC(=O)c2ccc(OCCN3CCOCC3)cc2)C1. The maximum atomic E-state index is 13.1. The number of rotatable bonds is 8. The fourth-order valence-electron chi connectivity index (χ4n) is 4.62. The molecule has 0 unspecified atom stereocenters. The molecule has 2 aliphatic heterocycles. The molecule has 2 saturated heterocycles. The van der Waals surface area contributed by atoms with Crippen molar-refractivity contribution < 1.29 is 33.7 Å². The molecule has 0 saturated carbocycles. The van der Waals surface area contributed by atoms with E-state index in [4.69, 9.17) is 14.2 Å². The summed E-state index contributed by atoms with van der Waals surface area (Å²) in [6.45, 7) is 5.14. The van der Waals surface area contributed by atoms with Crippen molar-refractivity contribution in [2.75, 3.05) is 65.0 Å². The average molecular weight is 541 g/mol. The molecule has 39 heavy (non-hydrogen) atoms. The van der Waals surface area contributed by atoms with E-state index in [9.17, 15) is 19.5 Å². The molecule has 11 nitrogen and oxygen atoms in total. The Balaban J connectivity index is 1.32. The number of carbonyl (C=O) groups excluding carboxylic acids is 3. The topological polar surface area (TPSA) is 130 Å². The highest BCUT2D eigenvalue weighted by atomic mass is 16.5. The first-order valence-electron chi connectivity index (χ1n) is 13.2. The van der Waals surface area contributed by atoms with Gasteiger partial charge in [0.25, 0.3) is 5.91 Å². The van der Waals surface area contributed by atoms with Gasteiger partial charge in [-0.3, -0.25) is 9.69 Å². The van der Waals surface area contributed by atoms with Crippen LogP contribution in [0, 0.1) is 0 Å². The van der Waals surface area contributed by atoms with Crippen molar-refractivity contribution in [3.63, 3.8) is 0 Å². The lowest BCUT2D eigenvalue weighted by molar-refractivity contribution is 0.0322. The van der Waals surface area contributed by atoms with Crippen molar-refractivity contribution in [2.45, 2.75) is 25.0 Å². The Morgan fingerprint density at radius 1 is 1.05 bits per heavy atom. The number of aliphatic hydroxyl groups is 1. The lowest BCUT2D eigenvalue weighted by Crippen LogP contribution is -2.50. The first kappa shape index (κ1) is 28.3. The van der Waals surface area contributed by atoms with Gasteiger partial charge in [0, 0.05) is 38.3 Å². The summed E-state index contributed by atoms with van der Waals surface area (Å²) < 4.78 is 16.0. The second-order valence-corrected chi connectivity index (χ2v) is 9.53. The van der Waals surface area contributed by atoms with Gasteiger partial charge >= 0.3 is 12.0 Å². The minimum atomic E-state index is -0.808. The van der Waals surface area contributed by atoms with Crippen molar-refractivity contribution in [1.82, 2.24) is 15.1 Å². The number of ether oxygens (including phenoxy) is 3. The van der Waals surface area contributed by atoms with Crippen molar-refractivity contribution in [1.29, 1.82) is 0 Å². The average Bonchev–Trinajstić information content (AvgIpc) is 3.15. The van der Waals surface area contributed by atoms with Gasteiger partial charge in [-0.1, -0.05) is 12.1 Å². The molecule has 2 aromatic carbocycles. The number of methoxy groups -OCH3 is 1. The second kappa shape index (κ2) is 13.9. The van der Waals surface area contributed by atoms with E-state index in [1.165, 1.54) is 12.0 Å². The van der Waals surface area contributed by atoms with Gasteiger partial charge in [0.15, 0.2) is 0 Å². The summed E-state index contributed by atoms with van der Waals surface area (Å²) in [6, 6.07) is 12.3. The number of hydrogen-bond acceptors (Lipinski definition) is 8. The van der Waals surface area contributed by atoms with Crippen LogP contribution in [0.5, 0.6) is 5.75 Å². The third-order valence-corrected chi connectivity index (χ3v) is 6.88. The third-order valence-electron chi connectivity index (χ3n) is 6.88. The normalized spacial score (nSPS) is 20.0. The molecule has 2 aliphatic rings. The van der Waals surface area contributed by atoms with Crippen molar-refractivity contribution in [3.05, 3.63) is 59.7 Å². The zero-order valence-electron chi connectivity index (χ0n) is 22.1. The number of hydrogen-bond donors (Lipinski definition) is 3. The van der Waals surface area contributed by atoms with Crippen LogP contribution in [0.2, 0.25) is 0 Å². The molecule has 0 spiro atoms. The van der Waals surface area contributed by atoms with E-state index in [1.807, 2.05) is 0 Å². The highest BCUT2D eigenvalue weighted by molar-refractivity contribution is 6.00. The zero-order chi connectivity index (χ0) is 27.6. The van der Waals surface area contributed by atoms with Crippen LogP contribution in [0.25, 0.3) is 0 Å². The van der Waals surface area contributed by atoms with Gasteiger partial charge in [0.05, 0.1) is 43.7 Å². The van der Waals surface area contributed by atoms with E-state index in [1.54, 1.807) is 48.5 Å². The first-order chi connectivity index (χ1) is 18.9. The number of nitrogens with zero attached hydrogens (tertiary/aromatic N) is 2. The van der Waals surface area contributed by atoms with Crippen LogP contribution >= 0.6 is 0 Å². The molecule has 3 N–H and O–H groups in total. The molecule has 3 amide bonds. The number of likely N-dealkylation sites (tertiary alicyclic amines) is 1. The van der Waals surface area contributed by atoms with E-state index in [2.05, 4.69) is 15.5 Å². The summed E-state index contributed by atoms with van der Waals surface area (Å²) in [4.78, 5) is 41.9. The minimum Gasteiger partial charge on any atom is -0.492 e. The molecule has 2 fully saturated rings. The lowest BCUT2D eigenvalue weighted by atomic mass is 10.1. The number of para-hydroxylation sites is 1. The van der Waals surface area contributed by atoms with Gasteiger partial charge in [-0.15, -0.1) is 0 Å². The van der Waals surface area contributed by atoms with Crippen LogP contribution < -0.4 is 15.4 Å². The quantitative estimate of drug-likeness (QED) is 0.434. The highest BCUT2D eigenvalue weighted by Crippen LogP contribution is 2.19. The summed E-state index contributed by atoms with van der Waals surface area (Å²) in [6.07, 6.45) is 0.191. The van der Waals surface area contributed by atoms with Gasteiger partial charge in [0.1, 0.15) is 12.4 Å². The monoisotopic (exact) mass is 540 g/mol. The largest absolute Gasteiger partial charge is 0.492 e. The summed E-state index contributed by atoms with van der Waals surface area (Å²) in [5.74, 6) is -0.238. The second-order valence-electron chi connectivity index (χ2n) is 9.53. The van der Waals surface area contributed by atoms with Crippen LogP contribution in [0.15, 0.2) is 48.5 Å². The lowest BCUT2D eigenvalue weighted by Gasteiger charge is -2.27. The predicted octanol–water partition coefficient (Wildman–Crippen LogP) is 1.97. The van der Waals surface area contributed by atoms with Crippen LogP contribution in [-0.4, -0.2) is 105 Å². The van der Waals surface area contributed by atoms with E-state index in [0.717, 1.165) is 32.8 Å². The summed E-state index contributed by atoms with van der Waals surface area (Å²) >= 11 is 0. The zero-order valence-corrected chi connectivity index (χ0v) is 22.1. The van der Waals surface area contributed by atoms with Crippen LogP contribution in [0.1, 0.15) is 33.6 Å². The molecular weight excluding hydrogens is 504 g/mol. The summed E-state index contributed by atoms with van der Waals surface area (Å²) in [5, 5.41) is 16.3. The number of anilines is 1. The Bertz CT molecular complexity index is 1120. The number of morpholine rings is 1. The van der Waals surface area contributed by atoms with Gasteiger partial charge < -0.3 is 34.9 Å². The summed E-state index contributed by atoms with van der Waals surface area (Å²) in [5.41, 5.74) is 0.989. The Morgan fingerprint density at radius 3 is 2.54 bits per heavy atom. The number of aliphatic hydroxyl groups excluding tert-OH is 1. The van der Waals surface area contributed by atoms with E-state index < -0.39 is 24.1 Å².